The fourth-order valence-electron chi connectivity index (χ4n) is 3.32. The molecule has 0 aromatic heterocycles. The van der Waals surface area contributed by atoms with Crippen LogP contribution in [0, 0.1) is 0 Å². The number of nitrogens with one attached hydrogen (secondary N) is 1. The minimum absolute atomic E-state index is 0.408. The number of anilines is 1. The maximum Gasteiger partial charge on any atom is 0.0750 e. The second-order valence-corrected chi connectivity index (χ2v) is 5.51. The predicted octanol–water partition coefficient (Wildman–Crippen LogP) is 2.34. The average Bonchev–Trinajstić information content (AvgIpc) is 2.47. The van der Waals surface area contributed by atoms with E-state index in [0.29, 0.717) is 6.10 Å². The van der Waals surface area contributed by atoms with Crippen LogP contribution in [0.3, 0.4) is 0 Å². The molecule has 1 saturated heterocycles. The Morgan fingerprint density at radius 2 is 2.37 bits per heavy atom. The summed E-state index contributed by atoms with van der Waals surface area (Å²) in [6.07, 6.45) is 4.01. The number of nitrogens with zero attached hydrogens (tertiary/aromatic N) is 1. The molecule has 1 fully saturated rings. The van der Waals surface area contributed by atoms with Crippen molar-refractivity contribution in [2.24, 2.45) is 0 Å². The summed E-state index contributed by atoms with van der Waals surface area (Å²) in [7, 11) is 0. The molecule has 0 amide bonds. The second-order valence-electron chi connectivity index (χ2n) is 5.51. The van der Waals surface area contributed by atoms with E-state index in [1.54, 1.807) is 0 Å². The Kier molecular flexibility index (Phi) is 4.04. The summed E-state index contributed by atoms with van der Waals surface area (Å²) in [6, 6.07) is 6.77. The van der Waals surface area contributed by atoms with Crippen LogP contribution in [0.2, 0.25) is 0 Å². The number of hydrogen-bond donors (Lipinski definition) is 1. The number of rotatable bonds is 3. The van der Waals surface area contributed by atoms with Crippen LogP contribution < -0.4 is 10.2 Å². The lowest BCUT2D eigenvalue weighted by Crippen LogP contribution is -2.41. The first-order valence-electron chi connectivity index (χ1n) is 7.56. The van der Waals surface area contributed by atoms with Crippen LogP contribution in [-0.2, 0) is 17.7 Å². The van der Waals surface area contributed by atoms with Crippen molar-refractivity contribution in [3.63, 3.8) is 0 Å². The Morgan fingerprint density at radius 3 is 3.26 bits per heavy atom. The zero-order valence-electron chi connectivity index (χ0n) is 11.8. The van der Waals surface area contributed by atoms with Crippen molar-refractivity contribution < 1.29 is 4.74 Å². The summed E-state index contributed by atoms with van der Waals surface area (Å²) in [5.74, 6) is 0. The lowest BCUT2D eigenvalue weighted by atomic mass is 9.97. The van der Waals surface area contributed by atoms with Gasteiger partial charge in [-0.1, -0.05) is 12.1 Å². The monoisotopic (exact) mass is 260 g/mol. The standard InChI is InChI=1S/C16H24N2O/c1-2-19-14-6-4-10-18(12-14)16-7-3-5-13-8-9-17-11-15(13)16/h3,5,7,14,17H,2,4,6,8-12H2,1H3. The average molecular weight is 260 g/mol. The third kappa shape index (κ3) is 2.77. The summed E-state index contributed by atoms with van der Waals surface area (Å²) in [6.45, 7) is 7.25. The van der Waals surface area contributed by atoms with Crippen molar-refractivity contribution in [1.82, 2.24) is 5.32 Å². The molecule has 104 valence electrons. The van der Waals surface area contributed by atoms with Crippen LogP contribution in [0.25, 0.3) is 0 Å². The molecule has 2 heterocycles. The van der Waals surface area contributed by atoms with Gasteiger partial charge in [-0.25, -0.2) is 0 Å². The second kappa shape index (κ2) is 5.93. The summed E-state index contributed by atoms with van der Waals surface area (Å²) in [5, 5.41) is 3.50. The topological polar surface area (TPSA) is 24.5 Å². The Labute approximate surface area is 115 Å². The molecule has 1 aromatic rings. The SMILES string of the molecule is CCOC1CCCN(c2cccc3c2CNCC3)C1. The third-order valence-corrected chi connectivity index (χ3v) is 4.24. The van der Waals surface area contributed by atoms with Gasteiger partial charge in [0.1, 0.15) is 0 Å². The van der Waals surface area contributed by atoms with E-state index in [2.05, 4.69) is 35.3 Å². The van der Waals surface area contributed by atoms with E-state index in [1.807, 2.05) is 0 Å². The van der Waals surface area contributed by atoms with Crippen LogP contribution in [0.15, 0.2) is 18.2 Å². The molecule has 0 aliphatic carbocycles. The van der Waals surface area contributed by atoms with Gasteiger partial charge >= 0.3 is 0 Å². The normalized spacial score (nSPS) is 23.2. The van der Waals surface area contributed by atoms with E-state index in [9.17, 15) is 0 Å². The third-order valence-electron chi connectivity index (χ3n) is 4.24. The lowest BCUT2D eigenvalue weighted by molar-refractivity contribution is 0.0526. The molecular formula is C16H24N2O. The van der Waals surface area contributed by atoms with Crippen LogP contribution in [0.4, 0.5) is 5.69 Å². The molecule has 3 rings (SSSR count). The summed E-state index contributed by atoms with van der Waals surface area (Å²) >= 11 is 0. The van der Waals surface area contributed by atoms with Crippen molar-refractivity contribution in [3.8, 4) is 0 Å². The smallest absolute Gasteiger partial charge is 0.0750 e. The maximum absolute atomic E-state index is 5.82. The van der Waals surface area contributed by atoms with Gasteiger partial charge in [-0.3, -0.25) is 0 Å². The summed E-state index contributed by atoms with van der Waals surface area (Å²) in [4.78, 5) is 2.52. The van der Waals surface area contributed by atoms with Crippen LogP contribution >= 0.6 is 0 Å². The molecule has 3 nitrogen and oxygen atoms in total. The minimum Gasteiger partial charge on any atom is -0.377 e. The fraction of sp³-hybridized carbons (Fsp3) is 0.625. The molecule has 0 radical (unpaired) electrons. The van der Waals surface area contributed by atoms with Gasteiger partial charge in [0.25, 0.3) is 0 Å². The first kappa shape index (κ1) is 12.9. The molecule has 3 heteroatoms. The highest BCUT2D eigenvalue weighted by molar-refractivity contribution is 5.58. The lowest BCUT2D eigenvalue weighted by Gasteiger charge is -2.36. The van der Waals surface area contributed by atoms with Gasteiger partial charge < -0.3 is 15.0 Å². The fourth-order valence-corrected chi connectivity index (χ4v) is 3.32. The van der Waals surface area contributed by atoms with Gasteiger partial charge in [0, 0.05) is 31.9 Å². The highest BCUT2D eigenvalue weighted by Crippen LogP contribution is 2.29. The Balaban J connectivity index is 1.81. The largest absolute Gasteiger partial charge is 0.377 e. The first-order valence-corrected chi connectivity index (χ1v) is 7.56. The number of hydrogen-bond acceptors (Lipinski definition) is 3. The highest BCUT2D eigenvalue weighted by atomic mass is 16.5. The Hall–Kier alpha value is -1.06. The quantitative estimate of drug-likeness (QED) is 0.903. The summed E-state index contributed by atoms with van der Waals surface area (Å²) < 4.78 is 5.82. The van der Waals surface area contributed by atoms with E-state index in [1.165, 1.54) is 36.2 Å². The van der Waals surface area contributed by atoms with Crippen LogP contribution in [0.5, 0.6) is 0 Å². The molecule has 0 spiro atoms. The molecule has 0 saturated carbocycles. The maximum atomic E-state index is 5.82. The van der Waals surface area contributed by atoms with E-state index in [4.69, 9.17) is 4.74 Å². The van der Waals surface area contributed by atoms with Crippen molar-refractivity contribution in [2.75, 3.05) is 31.1 Å². The number of benzene rings is 1. The molecule has 2 aliphatic heterocycles. The molecule has 0 bridgehead atoms. The molecule has 19 heavy (non-hydrogen) atoms. The van der Waals surface area contributed by atoms with Gasteiger partial charge in [0.05, 0.1) is 6.10 Å². The molecule has 1 atom stereocenters. The van der Waals surface area contributed by atoms with E-state index in [-0.39, 0.29) is 0 Å². The highest BCUT2D eigenvalue weighted by Gasteiger charge is 2.23. The van der Waals surface area contributed by atoms with Gasteiger partial charge in [0.15, 0.2) is 0 Å². The number of piperidine rings is 1. The first-order chi connectivity index (χ1) is 9.38. The van der Waals surface area contributed by atoms with Crippen LogP contribution in [0.1, 0.15) is 30.9 Å². The van der Waals surface area contributed by atoms with E-state index >= 15 is 0 Å². The van der Waals surface area contributed by atoms with Crippen molar-refractivity contribution >= 4 is 5.69 Å². The molecule has 1 aromatic carbocycles. The van der Waals surface area contributed by atoms with Crippen molar-refractivity contribution in [1.29, 1.82) is 0 Å². The van der Waals surface area contributed by atoms with Crippen molar-refractivity contribution in [3.05, 3.63) is 29.3 Å². The minimum atomic E-state index is 0.408. The molecular weight excluding hydrogens is 236 g/mol. The summed E-state index contributed by atoms with van der Waals surface area (Å²) in [5.41, 5.74) is 4.45. The number of fused-ring (bicyclic) bond motifs is 1. The van der Waals surface area contributed by atoms with Gasteiger partial charge in [-0.2, -0.15) is 0 Å². The van der Waals surface area contributed by atoms with E-state index in [0.717, 1.165) is 32.7 Å². The predicted molar refractivity (Wildman–Crippen MR) is 78.7 cm³/mol. The Bertz CT molecular complexity index is 431. The Morgan fingerprint density at radius 1 is 1.42 bits per heavy atom. The van der Waals surface area contributed by atoms with Crippen molar-refractivity contribution in [2.45, 2.75) is 38.8 Å². The van der Waals surface area contributed by atoms with Gasteiger partial charge in [-0.15, -0.1) is 0 Å². The zero-order valence-corrected chi connectivity index (χ0v) is 11.8. The molecule has 2 aliphatic rings. The zero-order chi connectivity index (χ0) is 13.1. The van der Waals surface area contributed by atoms with Gasteiger partial charge in [-0.05, 0) is 49.9 Å². The number of ether oxygens (including phenoxy) is 1. The van der Waals surface area contributed by atoms with Gasteiger partial charge in [0.2, 0.25) is 0 Å². The van der Waals surface area contributed by atoms with E-state index < -0.39 is 0 Å². The molecule has 1 N–H and O–H groups in total. The molecule has 1 unspecified atom stereocenters. The van der Waals surface area contributed by atoms with Crippen LogP contribution in [-0.4, -0.2) is 32.3 Å².